The number of carbonyl (C=O) groups excluding carboxylic acids is 1. The van der Waals surface area contributed by atoms with E-state index in [1.54, 1.807) is 4.90 Å². The summed E-state index contributed by atoms with van der Waals surface area (Å²) in [6, 6.07) is 15.6. The number of likely N-dealkylation sites (tertiary alicyclic amines) is 1. The molecule has 2 aromatic carbocycles. The quantitative estimate of drug-likeness (QED) is 0.761. The molecule has 0 bridgehead atoms. The van der Waals surface area contributed by atoms with Gasteiger partial charge in [-0.1, -0.05) is 30.3 Å². The Kier molecular flexibility index (Phi) is 5.84. The zero-order chi connectivity index (χ0) is 22.1. The van der Waals surface area contributed by atoms with Gasteiger partial charge in [0.2, 0.25) is 0 Å². The Morgan fingerprint density at radius 3 is 2.55 bits per heavy atom. The number of piperidine rings is 1. The molecule has 1 amide bonds. The molecule has 6 heteroatoms. The van der Waals surface area contributed by atoms with Crippen LogP contribution in [0.5, 0.6) is 11.5 Å². The normalized spacial score (nSPS) is 20.0. The monoisotopic (exact) mass is 425 g/mol. The SMILES string of the molecule is CC(C)(C)OC(=O)N1CCC2(CC1)CC(O)c1ccc(OCc3ccccc3)cc1O2. The van der Waals surface area contributed by atoms with Crippen LogP contribution in [0, 0.1) is 0 Å². The van der Waals surface area contributed by atoms with Crippen molar-refractivity contribution in [3.8, 4) is 11.5 Å². The van der Waals surface area contributed by atoms with Crippen LogP contribution < -0.4 is 9.47 Å². The molecule has 0 saturated carbocycles. The van der Waals surface area contributed by atoms with Crippen LogP contribution in [0.3, 0.4) is 0 Å². The van der Waals surface area contributed by atoms with E-state index in [1.807, 2.05) is 69.3 Å². The van der Waals surface area contributed by atoms with E-state index >= 15 is 0 Å². The predicted molar refractivity (Wildman–Crippen MR) is 117 cm³/mol. The number of fused-ring (bicyclic) bond motifs is 1. The van der Waals surface area contributed by atoms with E-state index in [-0.39, 0.29) is 6.09 Å². The first-order valence-corrected chi connectivity index (χ1v) is 10.9. The molecule has 1 atom stereocenters. The number of carbonyl (C=O) groups is 1. The number of amides is 1. The molecule has 1 unspecified atom stereocenters. The van der Waals surface area contributed by atoms with Gasteiger partial charge in [0, 0.05) is 44.0 Å². The molecule has 2 aromatic rings. The first-order valence-electron chi connectivity index (χ1n) is 10.9. The van der Waals surface area contributed by atoms with Crippen molar-refractivity contribution in [3.05, 3.63) is 59.7 Å². The molecule has 6 nitrogen and oxygen atoms in total. The summed E-state index contributed by atoms with van der Waals surface area (Å²) in [6.07, 6.45) is 0.929. The molecule has 1 spiro atoms. The molecule has 2 aliphatic rings. The highest BCUT2D eigenvalue weighted by atomic mass is 16.6. The third-order valence-electron chi connectivity index (χ3n) is 5.81. The van der Waals surface area contributed by atoms with Crippen LogP contribution in [-0.2, 0) is 11.3 Å². The first kappa shape index (κ1) is 21.5. The zero-order valence-corrected chi connectivity index (χ0v) is 18.5. The van der Waals surface area contributed by atoms with Gasteiger partial charge in [-0.05, 0) is 38.5 Å². The summed E-state index contributed by atoms with van der Waals surface area (Å²) in [4.78, 5) is 14.1. The minimum atomic E-state index is -0.597. The topological polar surface area (TPSA) is 68.2 Å². The average Bonchev–Trinajstić information content (AvgIpc) is 2.72. The van der Waals surface area contributed by atoms with Gasteiger partial charge in [-0.2, -0.15) is 0 Å². The van der Waals surface area contributed by atoms with Gasteiger partial charge in [0.1, 0.15) is 29.3 Å². The van der Waals surface area contributed by atoms with Gasteiger partial charge in [-0.3, -0.25) is 0 Å². The molecule has 31 heavy (non-hydrogen) atoms. The molecule has 0 radical (unpaired) electrons. The van der Waals surface area contributed by atoms with Crippen molar-refractivity contribution in [2.75, 3.05) is 13.1 Å². The number of hydrogen-bond acceptors (Lipinski definition) is 5. The van der Waals surface area contributed by atoms with Crippen molar-refractivity contribution in [3.63, 3.8) is 0 Å². The molecular weight excluding hydrogens is 394 g/mol. The fraction of sp³-hybridized carbons (Fsp3) is 0.480. The lowest BCUT2D eigenvalue weighted by Gasteiger charge is -2.45. The van der Waals surface area contributed by atoms with E-state index in [0.717, 1.165) is 11.1 Å². The van der Waals surface area contributed by atoms with E-state index < -0.39 is 17.3 Å². The van der Waals surface area contributed by atoms with Gasteiger partial charge < -0.3 is 24.2 Å². The van der Waals surface area contributed by atoms with Gasteiger partial charge in [-0.25, -0.2) is 4.79 Å². The molecule has 1 fully saturated rings. The van der Waals surface area contributed by atoms with Crippen LogP contribution in [-0.4, -0.2) is 40.4 Å². The summed E-state index contributed by atoms with van der Waals surface area (Å²) in [5.74, 6) is 1.37. The summed E-state index contributed by atoms with van der Waals surface area (Å²) in [6.45, 7) is 7.16. The predicted octanol–water partition coefficient (Wildman–Crippen LogP) is 4.85. The second-order valence-electron chi connectivity index (χ2n) is 9.45. The second-order valence-corrected chi connectivity index (χ2v) is 9.45. The lowest BCUT2D eigenvalue weighted by Crippen LogP contribution is -2.52. The van der Waals surface area contributed by atoms with Crippen LogP contribution in [0.15, 0.2) is 48.5 Å². The van der Waals surface area contributed by atoms with Gasteiger partial charge in [0.05, 0.1) is 6.10 Å². The Hall–Kier alpha value is -2.73. The van der Waals surface area contributed by atoms with Crippen LogP contribution in [0.1, 0.15) is 57.3 Å². The number of rotatable bonds is 3. The van der Waals surface area contributed by atoms with Crippen LogP contribution >= 0.6 is 0 Å². The summed E-state index contributed by atoms with van der Waals surface area (Å²) < 4.78 is 17.9. The Morgan fingerprint density at radius 1 is 1.16 bits per heavy atom. The highest BCUT2D eigenvalue weighted by Crippen LogP contribution is 2.45. The maximum absolute atomic E-state index is 12.4. The largest absolute Gasteiger partial charge is 0.489 e. The Balaban J connectivity index is 1.42. The van der Waals surface area contributed by atoms with E-state index in [1.165, 1.54) is 0 Å². The minimum Gasteiger partial charge on any atom is -0.489 e. The molecule has 2 aliphatic heterocycles. The van der Waals surface area contributed by atoms with E-state index in [0.29, 0.717) is 50.5 Å². The lowest BCUT2D eigenvalue weighted by atomic mass is 9.81. The molecule has 0 aromatic heterocycles. The van der Waals surface area contributed by atoms with Crippen molar-refractivity contribution in [1.29, 1.82) is 0 Å². The molecule has 1 saturated heterocycles. The summed E-state index contributed by atoms with van der Waals surface area (Å²) in [5.41, 5.74) is 0.876. The summed E-state index contributed by atoms with van der Waals surface area (Å²) >= 11 is 0. The van der Waals surface area contributed by atoms with Gasteiger partial charge in [0.25, 0.3) is 0 Å². The highest BCUT2D eigenvalue weighted by molar-refractivity contribution is 5.68. The third kappa shape index (κ3) is 5.13. The Bertz CT molecular complexity index is 913. The smallest absolute Gasteiger partial charge is 0.410 e. The van der Waals surface area contributed by atoms with E-state index in [4.69, 9.17) is 14.2 Å². The minimum absolute atomic E-state index is 0.296. The summed E-state index contributed by atoms with van der Waals surface area (Å²) in [5, 5.41) is 10.8. The maximum Gasteiger partial charge on any atom is 0.410 e. The van der Waals surface area contributed by atoms with Gasteiger partial charge in [0.15, 0.2) is 0 Å². The lowest BCUT2D eigenvalue weighted by molar-refractivity contribution is -0.0570. The van der Waals surface area contributed by atoms with Crippen molar-refractivity contribution in [2.24, 2.45) is 0 Å². The Morgan fingerprint density at radius 2 is 1.87 bits per heavy atom. The molecule has 1 N–H and O–H groups in total. The first-order chi connectivity index (χ1) is 14.7. The number of nitrogens with zero attached hydrogens (tertiary/aromatic N) is 1. The molecular formula is C25H31NO5. The molecule has 0 aliphatic carbocycles. The van der Waals surface area contributed by atoms with Crippen LogP contribution in [0.25, 0.3) is 0 Å². The van der Waals surface area contributed by atoms with E-state index in [2.05, 4.69) is 0 Å². The molecule has 2 heterocycles. The van der Waals surface area contributed by atoms with Crippen molar-refractivity contribution >= 4 is 6.09 Å². The fourth-order valence-corrected chi connectivity index (χ4v) is 4.18. The number of hydrogen-bond donors (Lipinski definition) is 1. The fourth-order valence-electron chi connectivity index (χ4n) is 4.18. The summed E-state index contributed by atoms with van der Waals surface area (Å²) in [7, 11) is 0. The van der Waals surface area contributed by atoms with Crippen molar-refractivity contribution in [1.82, 2.24) is 4.90 Å². The van der Waals surface area contributed by atoms with Crippen LogP contribution in [0.2, 0.25) is 0 Å². The maximum atomic E-state index is 12.4. The third-order valence-corrected chi connectivity index (χ3v) is 5.81. The average molecular weight is 426 g/mol. The van der Waals surface area contributed by atoms with Crippen molar-refractivity contribution < 1.29 is 24.1 Å². The van der Waals surface area contributed by atoms with Crippen molar-refractivity contribution in [2.45, 2.75) is 63.9 Å². The Labute approximate surface area is 183 Å². The van der Waals surface area contributed by atoms with Gasteiger partial charge >= 0.3 is 6.09 Å². The molecule has 4 rings (SSSR count). The van der Waals surface area contributed by atoms with Crippen LogP contribution in [0.4, 0.5) is 4.79 Å². The number of ether oxygens (including phenoxy) is 3. The van der Waals surface area contributed by atoms with Gasteiger partial charge in [-0.15, -0.1) is 0 Å². The zero-order valence-electron chi connectivity index (χ0n) is 18.5. The van der Waals surface area contributed by atoms with E-state index in [9.17, 15) is 9.90 Å². The molecule has 166 valence electrons. The number of benzene rings is 2. The standard InChI is InChI=1S/C25H31NO5/c1-24(2,3)31-23(28)26-13-11-25(12-14-26)16-21(27)20-10-9-19(15-22(20)30-25)29-17-18-7-5-4-6-8-18/h4-10,15,21,27H,11-14,16-17H2,1-3H3. The highest BCUT2D eigenvalue weighted by Gasteiger charge is 2.44. The number of aliphatic hydroxyl groups is 1. The number of aliphatic hydroxyl groups excluding tert-OH is 1. The second kappa shape index (κ2) is 8.42.